The van der Waals surface area contributed by atoms with E-state index in [0.717, 1.165) is 22.2 Å². The third kappa shape index (κ3) is 4.06. The molecule has 1 aromatic heterocycles. The minimum atomic E-state index is -0.0301. The second kappa shape index (κ2) is 8.09. The molecule has 4 rings (SSSR count). The standard InChI is InChI=1S/C24H29N3O/c1-17-8-13-23-18(14-17)15-19(24(28)26-23)16-25-20-9-11-22(12-10-20)27(2)21-6-4-3-5-7-21/h8-15,21,25H,3-7,16H2,1-2H3,(H,26,28). The molecule has 1 heterocycles. The summed E-state index contributed by atoms with van der Waals surface area (Å²) in [6.07, 6.45) is 6.64. The van der Waals surface area contributed by atoms with Crippen molar-refractivity contribution in [2.75, 3.05) is 17.3 Å². The quantitative estimate of drug-likeness (QED) is 0.643. The third-order valence-electron chi connectivity index (χ3n) is 5.96. The predicted molar refractivity (Wildman–Crippen MR) is 118 cm³/mol. The number of pyridine rings is 1. The van der Waals surface area contributed by atoms with Gasteiger partial charge in [-0.05, 0) is 67.6 Å². The van der Waals surface area contributed by atoms with E-state index in [-0.39, 0.29) is 5.56 Å². The highest BCUT2D eigenvalue weighted by molar-refractivity contribution is 5.79. The molecule has 3 aromatic rings. The highest BCUT2D eigenvalue weighted by atomic mass is 16.1. The van der Waals surface area contributed by atoms with Crippen LogP contribution < -0.4 is 15.8 Å². The van der Waals surface area contributed by atoms with Gasteiger partial charge in [0.15, 0.2) is 0 Å². The second-order valence-electron chi connectivity index (χ2n) is 8.02. The van der Waals surface area contributed by atoms with Gasteiger partial charge in [-0.15, -0.1) is 0 Å². The van der Waals surface area contributed by atoms with Crippen LogP contribution in [0.2, 0.25) is 0 Å². The van der Waals surface area contributed by atoms with Crippen molar-refractivity contribution in [3.8, 4) is 0 Å². The molecule has 1 saturated carbocycles. The van der Waals surface area contributed by atoms with Gasteiger partial charge in [0.2, 0.25) is 0 Å². The Morgan fingerprint density at radius 3 is 2.54 bits per heavy atom. The third-order valence-corrected chi connectivity index (χ3v) is 5.96. The summed E-state index contributed by atoms with van der Waals surface area (Å²) in [4.78, 5) is 17.8. The molecular formula is C24H29N3O. The van der Waals surface area contributed by atoms with Gasteiger partial charge in [0.1, 0.15) is 0 Å². The lowest BCUT2D eigenvalue weighted by atomic mass is 9.94. The van der Waals surface area contributed by atoms with E-state index in [1.807, 2.05) is 18.2 Å². The molecule has 1 aliphatic rings. The zero-order valence-corrected chi connectivity index (χ0v) is 16.8. The minimum absolute atomic E-state index is 0.0301. The van der Waals surface area contributed by atoms with E-state index in [1.54, 1.807) is 0 Å². The molecule has 2 N–H and O–H groups in total. The first kappa shape index (κ1) is 18.6. The van der Waals surface area contributed by atoms with Crippen LogP contribution >= 0.6 is 0 Å². The van der Waals surface area contributed by atoms with Gasteiger partial charge in [-0.1, -0.05) is 30.9 Å². The Hall–Kier alpha value is -2.75. The van der Waals surface area contributed by atoms with Crippen LogP contribution in [0.5, 0.6) is 0 Å². The Labute approximate surface area is 166 Å². The van der Waals surface area contributed by atoms with Crippen molar-refractivity contribution >= 4 is 22.3 Å². The minimum Gasteiger partial charge on any atom is -0.381 e. The van der Waals surface area contributed by atoms with E-state index in [2.05, 4.69) is 59.5 Å². The van der Waals surface area contributed by atoms with E-state index in [9.17, 15) is 4.79 Å². The molecule has 4 nitrogen and oxygen atoms in total. The van der Waals surface area contributed by atoms with Gasteiger partial charge in [-0.2, -0.15) is 0 Å². The van der Waals surface area contributed by atoms with Gasteiger partial charge in [-0.3, -0.25) is 4.79 Å². The summed E-state index contributed by atoms with van der Waals surface area (Å²) in [5, 5.41) is 4.46. The number of nitrogens with one attached hydrogen (secondary N) is 2. The molecule has 0 aliphatic heterocycles. The lowest BCUT2D eigenvalue weighted by Crippen LogP contribution is -2.33. The van der Waals surface area contributed by atoms with E-state index < -0.39 is 0 Å². The summed E-state index contributed by atoms with van der Waals surface area (Å²) in [6, 6.07) is 17.3. The molecule has 1 fully saturated rings. The summed E-state index contributed by atoms with van der Waals surface area (Å²) >= 11 is 0. The van der Waals surface area contributed by atoms with Crippen LogP contribution in [-0.4, -0.2) is 18.1 Å². The molecular weight excluding hydrogens is 346 g/mol. The first-order chi connectivity index (χ1) is 13.6. The number of aromatic amines is 1. The van der Waals surface area contributed by atoms with E-state index in [0.29, 0.717) is 12.6 Å². The molecule has 1 aliphatic carbocycles. The molecule has 0 spiro atoms. The number of aryl methyl sites for hydroxylation is 1. The average Bonchev–Trinajstić information content (AvgIpc) is 2.73. The Balaban J connectivity index is 1.44. The fraction of sp³-hybridized carbons (Fsp3) is 0.375. The fourth-order valence-corrected chi connectivity index (χ4v) is 4.19. The Morgan fingerprint density at radius 2 is 1.79 bits per heavy atom. The lowest BCUT2D eigenvalue weighted by molar-refractivity contribution is 0.427. The molecule has 0 radical (unpaired) electrons. The van der Waals surface area contributed by atoms with E-state index in [1.165, 1.54) is 43.4 Å². The molecule has 0 amide bonds. The van der Waals surface area contributed by atoms with Crippen molar-refractivity contribution in [2.45, 2.75) is 51.6 Å². The second-order valence-corrected chi connectivity index (χ2v) is 8.02. The summed E-state index contributed by atoms with van der Waals surface area (Å²) in [6.45, 7) is 2.57. The van der Waals surface area contributed by atoms with Crippen LogP contribution in [-0.2, 0) is 6.54 Å². The highest BCUT2D eigenvalue weighted by Gasteiger charge is 2.18. The number of rotatable bonds is 5. The number of fused-ring (bicyclic) bond motifs is 1. The number of anilines is 2. The normalized spacial score (nSPS) is 14.9. The van der Waals surface area contributed by atoms with Gasteiger partial charge < -0.3 is 15.2 Å². The zero-order valence-electron chi connectivity index (χ0n) is 16.8. The number of hydrogen-bond acceptors (Lipinski definition) is 3. The Morgan fingerprint density at radius 1 is 1.04 bits per heavy atom. The summed E-state index contributed by atoms with van der Waals surface area (Å²) < 4.78 is 0. The molecule has 0 saturated heterocycles. The number of H-pyrrole nitrogens is 1. The van der Waals surface area contributed by atoms with Gasteiger partial charge in [0.05, 0.1) is 0 Å². The number of hydrogen-bond donors (Lipinski definition) is 2. The highest BCUT2D eigenvalue weighted by Crippen LogP contribution is 2.27. The number of nitrogens with zero attached hydrogens (tertiary/aromatic N) is 1. The van der Waals surface area contributed by atoms with Gasteiger partial charge in [0.25, 0.3) is 5.56 Å². The van der Waals surface area contributed by atoms with Crippen LogP contribution in [0.25, 0.3) is 10.9 Å². The topological polar surface area (TPSA) is 48.1 Å². The number of aromatic nitrogens is 1. The Bertz CT molecular complexity index is 1000. The lowest BCUT2D eigenvalue weighted by Gasteiger charge is -2.33. The van der Waals surface area contributed by atoms with Gasteiger partial charge in [0, 0.05) is 42.1 Å². The number of benzene rings is 2. The molecule has 146 valence electrons. The molecule has 28 heavy (non-hydrogen) atoms. The molecule has 0 bridgehead atoms. The SMILES string of the molecule is Cc1ccc2[nH]c(=O)c(CNc3ccc(N(C)C4CCCCC4)cc3)cc2c1. The Kier molecular flexibility index (Phi) is 5.38. The van der Waals surface area contributed by atoms with Crippen molar-refractivity contribution < 1.29 is 0 Å². The average molecular weight is 376 g/mol. The van der Waals surface area contributed by atoms with Crippen LogP contribution in [0.1, 0.15) is 43.2 Å². The first-order valence-electron chi connectivity index (χ1n) is 10.3. The first-order valence-corrected chi connectivity index (χ1v) is 10.3. The smallest absolute Gasteiger partial charge is 0.253 e. The van der Waals surface area contributed by atoms with Crippen LogP contribution in [0.4, 0.5) is 11.4 Å². The van der Waals surface area contributed by atoms with E-state index >= 15 is 0 Å². The van der Waals surface area contributed by atoms with Crippen molar-refractivity contribution in [1.29, 1.82) is 0 Å². The zero-order chi connectivity index (χ0) is 19.5. The maximum absolute atomic E-state index is 12.4. The molecule has 4 heteroatoms. The monoisotopic (exact) mass is 375 g/mol. The van der Waals surface area contributed by atoms with E-state index in [4.69, 9.17) is 0 Å². The van der Waals surface area contributed by atoms with Crippen molar-refractivity contribution in [2.24, 2.45) is 0 Å². The molecule has 0 atom stereocenters. The largest absolute Gasteiger partial charge is 0.381 e. The van der Waals surface area contributed by atoms with Crippen LogP contribution in [0, 0.1) is 6.92 Å². The van der Waals surface area contributed by atoms with Crippen LogP contribution in [0.3, 0.4) is 0 Å². The summed E-state index contributed by atoms with van der Waals surface area (Å²) in [5.74, 6) is 0. The maximum Gasteiger partial charge on any atom is 0.253 e. The summed E-state index contributed by atoms with van der Waals surface area (Å²) in [5.41, 5.74) is 5.09. The van der Waals surface area contributed by atoms with Crippen molar-refractivity contribution in [1.82, 2.24) is 4.98 Å². The van der Waals surface area contributed by atoms with Crippen molar-refractivity contribution in [3.05, 3.63) is 70.0 Å². The summed E-state index contributed by atoms with van der Waals surface area (Å²) in [7, 11) is 2.20. The fourth-order valence-electron chi connectivity index (χ4n) is 4.19. The molecule has 2 aromatic carbocycles. The van der Waals surface area contributed by atoms with Crippen molar-refractivity contribution in [3.63, 3.8) is 0 Å². The molecule has 0 unspecified atom stereocenters. The van der Waals surface area contributed by atoms with Gasteiger partial charge in [-0.25, -0.2) is 0 Å². The van der Waals surface area contributed by atoms with Gasteiger partial charge >= 0.3 is 0 Å². The van der Waals surface area contributed by atoms with Crippen LogP contribution in [0.15, 0.2) is 53.3 Å². The maximum atomic E-state index is 12.4. The predicted octanol–water partition coefficient (Wildman–Crippen LogP) is 5.22.